The fourth-order valence-corrected chi connectivity index (χ4v) is 1.21. The van der Waals surface area contributed by atoms with Crippen LogP contribution in [-0.4, -0.2) is 11.2 Å². The summed E-state index contributed by atoms with van der Waals surface area (Å²) in [7, 11) is 0. The van der Waals surface area contributed by atoms with Gasteiger partial charge in [0.05, 0.1) is 15.0 Å². The van der Waals surface area contributed by atoms with Gasteiger partial charge in [0.15, 0.2) is 6.29 Å². The van der Waals surface area contributed by atoms with E-state index < -0.39 is 4.92 Å². The summed E-state index contributed by atoms with van der Waals surface area (Å²) in [6.45, 7) is 0. The summed E-state index contributed by atoms with van der Waals surface area (Å²) < 4.78 is 0.270. The zero-order valence-electron chi connectivity index (χ0n) is 7.01. The van der Waals surface area contributed by atoms with Gasteiger partial charge in [-0.2, -0.15) is 0 Å². The summed E-state index contributed by atoms with van der Waals surface area (Å²) in [5.74, 6) is 0. The van der Waals surface area contributed by atoms with Crippen molar-refractivity contribution >= 4 is 34.0 Å². The van der Waals surface area contributed by atoms with E-state index in [1.54, 1.807) is 18.2 Å². The number of hydrogen-bond acceptors (Lipinski definition) is 3. The van der Waals surface area contributed by atoms with Crippen LogP contribution in [0.3, 0.4) is 0 Å². The Morgan fingerprint density at radius 3 is 2.64 bits per heavy atom. The van der Waals surface area contributed by atoms with Gasteiger partial charge in [0.1, 0.15) is 0 Å². The normalized spacial score (nSPS) is 11.1. The zero-order valence-corrected chi connectivity index (χ0v) is 8.60. The third-order valence-electron chi connectivity index (χ3n) is 1.54. The van der Waals surface area contributed by atoms with E-state index in [9.17, 15) is 14.9 Å². The quantitative estimate of drug-likeness (QED) is 0.361. The van der Waals surface area contributed by atoms with Crippen LogP contribution in [0.25, 0.3) is 6.08 Å². The Morgan fingerprint density at radius 1 is 1.43 bits per heavy atom. The molecule has 0 heterocycles. The molecule has 0 saturated heterocycles. The standard InChI is InChI=1S/C9H6BrNO3/c10-8(6-12)5-7-3-1-2-4-9(7)11(13)14/h1-6H. The van der Waals surface area contributed by atoms with Gasteiger partial charge < -0.3 is 0 Å². The van der Waals surface area contributed by atoms with Gasteiger partial charge in [0, 0.05) is 6.07 Å². The van der Waals surface area contributed by atoms with Gasteiger partial charge in [-0.25, -0.2) is 0 Å². The monoisotopic (exact) mass is 255 g/mol. The van der Waals surface area contributed by atoms with E-state index in [1.807, 2.05) is 0 Å². The molecule has 0 amide bonds. The largest absolute Gasteiger partial charge is 0.297 e. The smallest absolute Gasteiger partial charge is 0.276 e. The van der Waals surface area contributed by atoms with E-state index in [2.05, 4.69) is 15.9 Å². The van der Waals surface area contributed by atoms with E-state index >= 15 is 0 Å². The first-order chi connectivity index (χ1) is 6.65. The number of hydrogen-bond donors (Lipinski definition) is 0. The number of allylic oxidation sites excluding steroid dienone is 1. The summed E-state index contributed by atoms with van der Waals surface area (Å²) in [5.41, 5.74) is 0.378. The maximum atomic E-state index is 10.6. The van der Waals surface area contributed by atoms with Crippen LogP contribution >= 0.6 is 15.9 Å². The van der Waals surface area contributed by atoms with Gasteiger partial charge in [0.2, 0.25) is 0 Å². The van der Waals surface area contributed by atoms with Gasteiger partial charge in [-0.1, -0.05) is 12.1 Å². The molecule has 72 valence electrons. The molecule has 0 aliphatic rings. The second-order valence-electron chi connectivity index (χ2n) is 2.46. The van der Waals surface area contributed by atoms with Crippen LogP contribution < -0.4 is 0 Å². The van der Waals surface area contributed by atoms with E-state index in [-0.39, 0.29) is 10.2 Å². The van der Waals surface area contributed by atoms with Gasteiger partial charge in [-0.05, 0) is 28.1 Å². The fourth-order valence-electron chi connectivity index (χ4n) is 0.958. The number of rotatable bonds is 3. The Hall–Kier alpha value is -1.49. The van der Waals surface area contributed by atoms with Crippen molar-refractivity contribution in [3.05, 3.63) is 44.4 Å². The Bertz CT molecular complexity index is 401. The number of para-hydroxylation sites is 1. The molecule has 0 fully saturated rings. The number of carbonyl (C=O) groups is 1. The predicted octanol–water partition coefficient (Wildman–Crippen LogP) is 2.53. The summed E-state index contributed by atoms with van der Waals surface area (Å²) >= 11 is 2.97. The Labute approximate surface area is 88.5 Å². The number of nitrogens with zero attached hydrogens (tertiary/aromatic N) is 1. The maximum absolute atomic E-state index is 10.6. The van der Waals surface area contributed by atoms with Crippen LogP contribution in [-0.2, 0) is 4.79 Å². The summed E-state index contributed by atoms with van der Waals surface area (Å²) in [6.07, 6.45) is 1.99. The lowest BCUT2D eigenvalue weighted by atomic mass is 10.2. The molecule has 0 atom stereocenters. The van der Waals surface area contributed by atoms with E-state index in [0.29, 0.717) is 11.8 Å². The molecule has 0 bridgehead atoms. The lowest BCUT2D eigenvalue weighted by molar-refractivity contribution is -0.385. The second kappa shape index (κ2) is 4.66. The van der Waals surface area contributed by atoms with Crippen molar-refractivity contribution in [2.45, 2.75) is 0 Å². The molecule has 0 unspecified atom stereocenters. The average Bonchev–Trinajstić information content (AvgIpc) is 2.18. The highest BCUT2D eigenvalue weighted by Crippen LogP contribution is 2.21. The van der Waals surface area contributed by atoms with Crippen LogP contribution in [0.1, 0.15) is 5.56 Å². The summed E-state index contributed by atoms with van der Waals surface area (Å²) in [5, 5.41) is 10.6. The molecular formula is C9H6BrNO3. The number of benzene rings is 1. The van der Waals surface area contributed by atoms with Crippen LogP contribution in [0.15, 0.2) is 28.7 Å². The number of nitro groups is 1. The summed E-state index contributed by atoms with van der Waals surface area (Å²) in [4.78, 5) is 20.4. The van der Waals surface area contributed by atoms with E-state index in [0.717, 1.165) is 0 Å². The number of carbonyl (C=O) groups excluding carboxylic acids is 1. The van der Waals surface area contributed by atoms with E-state index in [1.165, 1.54) is 12.1 Å². The van der Waals surface area contributed by atoms with Crippen LogP contribution in [0.2, 0.25) is 0 Å². The van der Waals surface area contributed by atoms with Crippen LogP contribution in [0.5, 0.6) is 0 Å². The van der Waals surface area contributed by atoms with Gasteiger partial charge in [-0.15, -0.1) is 0 Å². The minimum atomic E-state index is -0.489. The molecule has 4 nitrogen and oxygen atoms in total. The number of nitro benzene ring substituents is 1. The molecule has 0 radical (unpaired) electrons. The Kier molecular flexibility index (Phi) is 3.53. The molecule has 1 aromatic carbocycles. The molecule has 0 saturated carbocycles. The predicted molar refractivity (Wildman–Crippen MR) is 56.1 cm³/mol. The Balaban J connectivity index is 3.20. The molecule has 1 rings (SSSR count). The molecule has 0 aliphatic carbocycles. The second-order valence-corrected chi connectivity index (χ2v) is 3.38. The first-order valence-corrected chi connectivity index (χ1v) is 4.50. The van der Waals surface area contributed by atoms with Crippen molar-refractivity contribution in [3.63, 3.8) is 0 Å². The van der Waals surface area contributed by atoms with Gasteiger partial charge in [0.25, 0.3) is 5.69 Å². The lowest BCUT2D eigenvalue weighted by Crippen LogP contribution is -1.90. The minimum Gasteiger partial charge on any atom is -0.297 e. The molecule has 0 spiro atoms. The highest BCUT2D eigenvalue weighted by Gasteiger charge is 2.09. The average molecular weight is 256 g/mol. The first kappa shape index (κ1) is 10.6. The highest BCUT2D eigenvalue weighted by atomic mass is 79.9. The van der Waals surface area contributed by atoms with Gasteiger partial charge >= 0.3 is 0 Å². The Morgan fingerprint density at radius 2 is 2.07 bits per heavy atom. The SMILES string of the molecule is O=CC(Br)=Cc1ccccc1[N+](=O)[O-]. The molecule has 1 aromatic rings. The highest BCUT2D eigenvalue weighted by molar-refractivity contribution is 9.12. The molecule has 0 aliphatic heterocycles. The molecular weight excluding hydrogens is 250 g/mol. The van der Waals surface area contributed by atoms with Crippen LogP contribution in [0, 0.1) is 10.1 Å². The lowest BCUT2D eigenvalue weighted by Gasteiger charge is -1.95. The maximum Gasteiger partial charge on any atom is 0.276 e. The molecule has 5 heteroatoms. The number of aldehydes is 1. The van der Waals surface area contributed by atoms with E-state index in [4.69, 9.17) is 0 Å². The summed E-state index contributed by atoms with van der Waals surface area (Å²) in [6, 6.07) is 6.20. The third-order valence-corrected chi connectivity index (χ3v) is 1.96. The molecule has 0 N–H and O–H groups in total. The third kappa shape index (κ3) is 2.50. The van der Waals surface area contributed by atoms with Crippen molar-refractivity contribution < 1.29 is 9.72 Å². The molecule has 0 aromatic heterocycles. The minimum absolute atomic E-state index is 0.0219. The number of halogens is 1. The van der Waals surface area contributed by atoms with Crippen molar-refractivity contribution in [2.24, 2.45) is 0 Å². The fraction of sp³-hybridized carbons (Fsp3) is 0. The van der Waals surface area contributed by atoms with Crippen molar-refractivity contribution in [3.8, 4) is 0 Å². The van der Waals surface area contributed by atoms with Gasteiger partial charge in [-0.3, -0.25) is 14.9 Å². The van der Waals surface area contributed by atoms with Crippen LogP contribution in [0.4, 0.5) is 5.69 Å². The molecule has 14 heavy (non-hydrogen) atoms. The first-order valence-electron chi connectivity index (χ1n) is 3.71. The van der Waals surface area contributed by atoms with Crippen molar-refractivity contribution in [1.82, 2.24) is 0 Å². The zero-order chi connectivity index (χ0) is 10.6. The topological polar surface area (TPSA) is 60.2 Å². The van der Waals surface area contributed by atoms with Crippen molar-refractivity contribution in [2.75, 3.05) is 0 Å². The van der Waals surface area contributed by atoms with Crippen molar-refractivity contribution in [1.29, 1.82) is 0 Å².